The first-order chi connectivity index (χ1) is 6.79. The molecule has 80 valence electrons. The highest BCUT2D eigenvalue weighted by Crippen LogP contribution is 2.06. The number of rotatable bonds is 3. The number of aliphatic hydroxyl groups excluding tert-OH is 1. The van der Waals surface area contributed by atoms with E-state index in [1.54, 1.807) is 6.08 Å². The van der Waals surface area contributed by atoms with Crippen molar-refractivity contribution in [3.8, 4) is 0 Å². The molecule has 1 unspecified atom stereocenters. The minimum atomic E-state index is -0.0198. The average Bonchev–Trinajstić information content (AvgIpc) is 2.25. The SMILES string of the molecule is C=CCNC(=S)N1CCOCC1CO. The topological polar surface area (TPSA) is 44.7 Å². The molecular weight excluding hydrogens is 200 g/mol. The molecule has 1 saturated heterocycles. The van der Waals surface area contributed by atoms with Crippen LogP contribution in [0.2, 0.25) is 0 Å². The van der Waals surface area contributed by atoms with Gasteiger partial charge in [0.05, 0.1) is 25.9 Å². The molecule has 0 aromatic rings. The summed E-state index contributed by atoms with van der Waals surface area (Å²) >= 11 is 5.18. The van der Waals surface area contributed by atoms with Gasteiger partial charge in [-0.1, -0.05) is 6.08 Å². The Bertz CT molecular complexity index is 211. The van der Waals surface area contributed by atoms with Crippen LogP contribution in [0.15, 0.2) is 12.7 Å². The van der Waals surface area contributed by atoms with Gasteiger partial charge in [-0.15, -0.1) is 6.58 Å². The van der Waals surface area contributed by atoms with Crippen LogP contribution in [0.25, 0.3) is 0 Å². The van der Waals surface area contributed by atoms with Crippen LogP contribution in [0.3, 0.4) is 0 Å². The molecule has 0 radical (unpaired) electrons. The number of ether oxygens (including phenoxy) is 1. The van der Waals surface area contributed by atoms with Crippen LogP contribution < -0.4 is 5.32 Å². The van der Waals surface area contributed by atoms with Crippen LogP contribution in [0, 0.1) is 0 Å². The van der Waals surface area contributed by atoms with E-state index in [4.69, 9.17) is 22.1 Å². The van der Waals surface area contributed by atoms with Gasteiger partial charge in [-0.2, -0.15) is 0 Å². The molecule has 1 fully saturated rings. The number of aliphatic hydroxyl groups is 1. The molecule has 1 aliphatic rings. The van der Waals surface area contributed by atoms with Gasteiger partial charge in [-0.25, -0.2) is 0 Å². The highest BCUT2D eigenvalue weighted by atomic mass is 32.1. The van der Waals surface area contributed by atoms with Crippen molar-refractivity contribution in [2.45, 2.75) is 6.04 Å². The average molecular weight is 216 g/mol. The van der Waals surface area contributed by atoms with Gasteiger partial charge in [-0.3, -0.25) is 0 Å². The molecule has 1 heterocycles. The van der Waals surface area contributed by atoms with E-state index in [1.165, 1.54) is 0 Å². The molecule has 1 atom stereocenters. The lowest BCUT2D eigenvalue weighted by Crippen LogP contribution is -2.53. The lowest BCUT2D eigenvalue weighted by Gasteiger charge is -2.36. The van der Waals surface area contributed by atoms with Crippen molar-refractivity contribution in [2.24, 2.45) is 0 Å². The van der Waals surface area contributed by atoms with Crippen molar-refractivity contribution >= 4 is 17.3 Å². The van der Waals surface area contributed by atoms with Gasteiger partial charge in [0.1, 0.15) is 0 Å². The lowest BCUT2D eigenvalue weighted by molar-refractivity contribution is 0.00455. The maximum Gasteiger partial charge on any atom is 0.169 e. The second-order valence-electron chi connectivity index (χ2n) is 3.08. The van der Waals surface area contributed by atoms with E-state index >= 15 is 0 Å². The molecule has 0 saturated carbocycles. The van der Waals surface area contributed by atoms with E-state index in [0.717, 1.165) is 6.54 Å². The van der Waals surface area contributed by atoms with Crippen LogP contribution >= 0.6 is 12.2 Å². The molecule has 0 spiro atoms. The zero-order valence-corrected chi connectivity index (χ0v) is 8.92. The smallest absolute Gasteiger partial charge is 0.169 e. The summed E-state index contributed by atoms with van der Waals surface area (Å²) in [6, 6.07) is -0.0198. The van der Waals surface area contributed by atoms with Gasteiger partial charge >= 0.3 is 0 Å². The van der Waals surface area contributed by atoms with E-state index in [-0.39, 0.29) is 12.6 Å². The van der Waals surface area contributed by atoms with Gasteiger partial charge < -0.3 is 20.1 Å². The Morgan fingerprint density at radius 1 is 1.79 bits per heavy atom. The van der Waals surface area contributed by atoms with Gasteiger partial charge in [0.25, 0.3) is 0 Å². The summed E-state index contributed by atoms with van der Waals surface area (Å²) in [5.74, 6) is 0. The quantitative estimate of drug-likeness (QED) is 0.503. The standard InChI is InChI=1S/C9H16N2O2S/c1-2-3-10-9(14)11-4-5-13-7-8(11)6-12/h2,8,12H,1,3-7H2,(H,10,14). The van der Waals surface area contributed by atoms with Crippen molar-refractivity contribution < 1.29 is 9.84 Å². The summed E-state index contributed by atoms with van der Waals surface area (Å²) in [6.07, 6.45) is 1.75. The second-order valence-corrected chi connectivity index (χ2v) is 3.47. The molecule has 0 aromatic heterocycles. The van der Waals surface area contributed by atoms with E-state index in [1.807, 2.05) is 4.90 Å². The van der Waals surface area contributed by atoms with Crippen molar-refractivity contribution in [3.63, 3.8) is 0 Å². The Morgan fingerprint density at radius 2 is 2.57 bits per heavy atom. The molecule has 1 aliphatic heterocycles. The van der Waals surface area contributed by atoms with E-state index < -0.39 is 0 Å². The predicted octanol–water partition coefficient (Wildman–Crippen LogP) is -0.260. The molecule has 0 aromatic carbocycles. The zero-order chi connectivity index (χ0) is 10.4. The van der Waals surface area contributed by atoms with Crippen molar-refractivity contribution in [1.82, 2.24) is 10.2 Å². The van der Waals surface area contributed by atoms with Gasteiger partial charge in [0, 0.05) is 13.1 Å². The lowest BCUT2D eigenvalue weighted by atomic mass is 10.2. The molecule has 4 nitrogen and oxygen atoms in total. The Balaban J connectivity index is 2.45. The molecule has 1 rings (SSSR count). The minimum absolute atomic E-state index is 0.0198. The number of morpholine rings is 1. The fourth-order valence-corrected chi connectivity index (χ4v) is 1.66. The molecule has 0 aliphatic carbocycles. The van der Waals surface area contributed by atoms with E-state index in [2.05, 4.69) is 11.9 Å². The largest absolute Gasteiger partial charge is 0.394 e. The normalized spacial score (nSPS) is 21.8. The maximum atomic E-state index is 9.11. The third-order valence-corrected chi connectivity index (χ3v) is 2.48. The molecule has 0 bridgehead atoms. The van der Waals surface area contributed by atoms with Crippen molar-refractivity contribution in [1.29, 1.82) is 0 Å². The van der Waals surface area contributed by atoms with Gasteiger partial charge in [0.2, 0.25) is 0 Å². The van der Waals surface area contributed by atoms with Crippen molar-refractivity contribution in [3.05, 3.63) is 12.7 Å². The summed E-state index contributed by atoms with van der Waals surface area (Å²) < 4.78 is 5.25. The van der Waals surface area contributed by atoms with Crippen molar-refractivity contribution in [2.75, 3.05) is 32.9 Å². The third kappa shape index (κ3) is 2.94. The number of hydrogen-bond acceptors (Lipinski definition) is 3. The third-order valence-electron chi connectivity index (χ3n) is 2.10. The number of nitrogens with one attached hydrogen (secondary N) is 1. The first-order valence-corrected chi connectivity index (χ1v) is 5.04. The Kier molecular flexibility index (Phi) is 4.86. The van der Waals surface area contributed by atoms with E-state index in [9.17, 15) is 0 Å². The monoisotopic (exact) mass is 216 g/mol. The fourth-order valence-electron chi connectivity index (χ4n) is 1.33. The van der Waals surface area contributed by atoms with Crippen LogP contribution in [0.4, 0.5) is 0 Å². The number of nitrogens with zero attached hydrogens (tertiary/aromatic N) is 1. The molecule has 0 amide bonds. The summed E-state index contributed by atoms with van der Waals surface area (Å²) in [6.45, 7) is 6.24. The Morgan fingerprint density at radius 3 is 3.21 bits per heavy atom. The fraction of sp³-hybridized carbons (Fsp3) is 0.667. The minimum Gasteiger partial charge on any atom is -0.394 e. The van der Waals surface area contributed by atoms with Crippen LogP contribution in [-0.2, 0) is 4.74 Å². The summed E-state index contributed by atoms with van der Waals surface area (Å²) in [5.41, 5.74) is 0. The first kappa shape index (κ1) is 11.4. The summed E-state index contributed by atoms with van der Waals surface area (Å²) in [7, 11) is 0. The molecule has 14 heavy (non-hydrogen) atoms. The molecular formula is C9H16N2O2S. The number of thiocarbonyl (C=S) groups is 1. The summed E-state index contributed by atoms with van der Waals surface area (Å²) in [4.78, 5) is 1.96. The van der Waals surface area contributed by atoms with Gasteiger partial charge in [-0.05, 0) is 12.2 Å². The van der Waals surface area contributed by atoms with Gasteiger partial charge in [0.15, 0.2) is 5.11 Å². The highest BCUT2D eigenvalue weighted by molar-refractivity contribution is 7.80. The van der Waals surface area contributed by atoms with Crippen LogP contribution in [-0.4, -0.2) is 54.1 Å². The molecule has 5 heteroatoms. The van der Waals surface area contributed by atoms with Crippen LogP contribution in [0.1, 0.15) is 0 Å². The zero-order valence-electron chi connectivity index (χ0n) is 8.11. The Hall–Kier alpha value is -0.650. The van der Waals surface area contributed by atoms with E-state index in [0.29, 0.717) is 24.9 Å². The maximum absolute atomic E-state index is 9.11. The number of hydrogen-bond donors (Lipinski definition) is 2. The predicted molar refractivity (Wildman–Crippen MR) is 59.2 cm³/mol. The highest BCUT2D eigenvalue weighted by Gasteiger charge is 2.23. The molecule has 2 N–H and O–H groups in total. The van der Waals surface area contributed by atoms with Crippen LogP contribution in [0.5, 0.6) is 0 Å². The second kappa shape index (κ2) is 5.95. The summed E-state index contributed by atoms with van der Waals surface area (Å²) in [5, 5.41) is 12.8. The first-order valence-electron chi connectivity index (χ1n) is 4.63. The Labute approximate surface area is 89.5 Å².